The minimum absolute atomic E-state index is 0.146. The summed E-state index contributed by atoms with van der Waals surface area (Å²) >= 11 is 2.33. The number of halogens is 2. The maximum atomic E-state index is 13.4. The second kappa shape index (κ2) is 15.6. The first-order valence-electron chi connectivity index (χ1n) is 16.2. The number of rotatable bonds is 7. The van der Waals surface area contributed by atoms with Crippen LogP contribution in [0.15, 0.2) is 97.3 Å². The van der Waals surface area contributed by atoms with Gasteiger partial charge in [-0.15, -0.1) is 0 Å². The van der Waals surface area contributed by atoms with Crippen molar-refractivity contribution in [3.05, 3.63) is 141 Å². The highest BCUT2D eigenvalue weighted by atomic mass is 32.1. The van der Waals surface area contributed by atoms with Crippen LogP contribution < -0.4 is 18.9 Å². The summed E-state index contributed by atoms with van der Waals surface area (Å²) in [7, 11) is 1.32. The van der Waals surface area contributed by atoms with Gasteiger partial charge in [-0.25, -0.2) is 23.5 Å². The number of fused-ring (bicyclic) bond motifs is 2. The predicted octanol–water partition coefficient (Wildman–Crippen LogP) is 9.94. The summed E-state index contributed by atoms with van der Waals surface area (Å²) in [5.74, 6) is 1.86. The van der Waals surface area contributed by atoms with Crippen LogP contribution in [0.25, 0.3) is 0 Å². The van der Waals surface area contributed by atoms with Crippen LogP contribution in [0.5, 0.6) is 33.4 Å². The Morgan fingerprint density at radius 2 is 1.31 bits per heavy atom. The Bertz CT molecular complexity index is 2270. The summed E-state index contributed by atoms with van der Waals surface area (Å²) in [6.07, 6.45) is 5.74. The number of ether oxygens (including phenoxy) is 5. The van der Waals surface area contributed by atoms with Crippen LogP contribution in [0.4, 0.5) is 8.78 Å². The van der Waals surface area contributed by atoms with Crippen molar-refractivity contribution in [1.29, 1.82) is 5.26 Å². The van der Waals surface area contributed by atoms with E-state index in [-0.39, 0.29) is 23.8 Å². The Kier molecular flexibility index (Phi) is 10.4. The van der Waals surface area contributed by atoms with Gasteiger partial charge in [0, 0.05) is 0 Å². The van der Waals surface area contributed by atoms with Crippen molar-refractivity contribution >= 4 is 28.6 Å². The first kappa shape index (κ1) is 34.6. The number of hydrogen-bond acceptors (Lipinski definition) is 11. The number of aromatic nitrogens is 2. The van der Waals surface area contributed by atoms with Crippen LogP contribution in [-0.4, -0.2) is 23.0 Å². The molecule has 0 aliphatic carbocycles. The molecule has 2 aliphatic heterocycles. The topological polar surface area (TPSA) is 113 Å². The Balaban J connectivity index is 0.000000162. The SMILES string of the molecule is COC(=O)c1cnc(Oc2ccc3c(c2)CCC(c2cccc(F)c2)O3)s1.N#Cc1cnc(Oc2ccc3c(c2)CCC(c2cccc(F)c2)O3)s1. The van der Waals surface area contributed by atoms with Gasteiger partial charge >= 0.3 is 5.97 Å². The zero-order valence-corrected chi connectivity index (χ0v) is 29.2. The van der Waals surface area contributed by atoms with E-state index < -0.39 is 5.97 Å². The van der Waals surface area contributed by atoms with Gasteiger partial charge in [0.05, 0.1) is 19.5 Å². The van der Waals surface area contributed by atoms with Crippen LogP contribution in [0.1, 0.15) is 61.9 Å². The molecule has 2 aliphatic rings. The molecule has 0 amide bonds. The molecule has 0 saturated carbocycles. The molecule has 6 aromatic rings. The lowest BCUT2D eigenvalue weighted by molar-refractivity contribution is 0.0606. The lowest BCUT2D eigenvalue weighted by Gasteiger charge is -2.26. The Labute approximate surface area is 305 Å². The second-order valence-electron chi connectivity index (χ2n) is 11.7. The molecule has 0 saturated heterocycles. The van der Waals surface area contributed by atoms with Gasteiger partial charge in [-0.2, -0.15) is 5.26 Å². The number of nitrogens with zero attached hydrogens (tertiary/aromatic N) is 3. The molecule has 262 valence electrons. The predicted molar refractivity (Wildman–Crippen MR) is 189 cm³/mol. The fraction of sp³-hybridized carbons (Fsp3) is 0.179. The van der Waals surface area contributed by atoms with E-state index in [0.29, 0.717) is 31.6 Å². The molecular formula is C39H29F2N3O6S2. The highest BCUT2D eigenvalue weighted by Crippen LogP contribution is 2.40. The number of methoxy groups -OCH3 is 1. The van der Waals surface area contributed by atoms with Gasteiger partial charge in [-0.1, -0.05) is 46.9 Å². The largest absolute Gasteiger partial charge is 0.485 e. The number of hydrogen-bond donors (Lipinski definition) is 0. The third kappa shape index (κ3) is 8.20. The maximum Gasteiger partial charge on any atom is 0.349 e. The molecule has 0 bridgehead atoms. The molecule has 4 aromatic carbocycles. The molecule has 2 aromatic heterocycles. The molecule has 0 spiro atoms. The fourth-order valence-electron chi connectivity index (χ4n) is 5.80. The average Bonchev–Trinajstić information content (AvgIpc) is 3.84. The Morgan fingerprint density at radius 1 is 0.769 bits per heavy atom. The number of carbonyl (C=O) groups excluding carboxylic acids is 1. The molecular weight excluding hydrogens is 709 g/mol. The van der Waals surface area contributed by atoms with Crippen molar-refractivity contribution in [2.75, 3.05) is 7.11 Å². The first-order chi connectivity index (χ1) is 25.3. The molecule has 52 heavy (non-hydrogen) atoms. The minimum Gasteiger partial charge on any atom is -0.485 e. The number of nitriles is 1. The van der Waals surface area contributed by atoms with Gasteiger partial charge in [-0.3, -0.25) is 0 Å². The molecule has 2 unspecified atom stereocenters. The van der Waals surface area contributed by atoms with Gasteiger partial charge < -0.3 is 23.7 Å². The van der Waals surface area contributed by atoms with Crippen molar-refractivity contribution in [2.45, 2.75) is 37.9 Å². The minimum atomic E-state index is -0.440. The molecule has 13 heteroatoms. The van der Waals surface area contributed by atoms with E-state index in [1.54, 1.807) is 24.3 Å². The third-order valence-electron chi connectivity index (χ3n) is 8.27. The van der Waals surface area contributed by atoms with E-state index in [9.17, 15) is 13.6 Å². The number of thiazole rings is 2. The molecule has 4 heterocycles. The van der Waals surface area contributed by atoms with Gasteiger partial charge in [0.25, 0.3) is 10.4 Å². The summed E-state index contributed by atoms with van der Waals surface area (Å²) in [5.41, 5.74) is 3.74. The van der Waals surface area contributed by atoms with E-state index in [1.807, 2.05) is 42.5 Å². The highest BCUT2D eigenvalue weighted by Gasteiger charge is 2.24. The standard InChI is InChI=1S/C20H16FNO4S.C19H13FN2O2S/c1-24-19(23)18-11-22-20(27-18)25-15-6-8-17-13(10-15)5-7-16(26-17)12-3-2-4-14(21)9-12;20-14-3-1-2-12(8-14)17-6-4-13-9-15(5-7-18(13)24-17)23-19-22-11-16(10-21)25-19/h2-4,6,8-11,16H,5,7H2,1H3;1-3,5,7-9,11,17H,4,6H2. The number of esters is 1. The monoisotopic (exact) mass is 737 g/mol. The van der Waals surface area contributed by atoms with Gasteiger partial charge in [0.15, 0.2) is 0 Å². The average molecular weight is 738 g/mol. The summed E-state index contributed by atoms with van der Waals surface area (Å²) in [4.78, 5) is 20.5. The summed E-state index contributed by atoms with van der Waals surface area (Å²) in [6.45, 7) is 0. The van der Waals surface area contributed by atoms with Crippen LogP contribution in [0.3, 0.4) is 0 Å². The van der Waals surface area contributed by atoms with Gasteiger partial charge in [0.1, 0.15) is 62.7 Å². The third-order valence-corrected chi connectivity index (χ3v) is 9.91. The lowest BCUT2D eigenvalue weighted by atomic mass is 9.97. The lowest BCUT2D eigenvalue weighted by Crippen LogP contribution is -2.15. The first-order valence-corrected chi connectivity index (χ1v) is 17.8. The fourth-order valence-corrected chi connectivity index (χ4v) is 7.08. The quantitative estimate of drug-likeness (QED) is 0.148. The number of benzene rings is 4. The highest BCUT2D eigenvalue weighted by molar-refractivity contribution is 7.15. The van der Waals surface area contributed by atoms with Crippen molar-refractivity contribution in [3.8, 4) is 39.5 Å². The van der Waals surface area contributed by atoms with E-state index in [2.05, 4.69) is 14.7 Å². The molecule has 9 nitrogen and oxygen atoms in total. The molecule has 8 rings (SSSR count). The summed E-state index contributed by atoms with van der Waals surface area (Å²) in [6, 6.07) is 26.2. The van der Waals surface area contributed by atoms with Crippen LogP contribution in [0, 0.1) is 23.0 Å². The van der Waals surface area contributed by atoms with E-state index >= 15 is 0 Å². The summed E-state index contributed by atoms with van der Waals surface area (Å²) in [5, 5.41) is 9.64. The van der Waals surface area contributed by atoms with Gasteiger partial charge in [-0.05, 0) is 109 Å². The number of aryl methyl sites for hydroxylation is 2. The normalized spacial score (nSPS) is 15.7. The Morgan fingerprint density at radius 3 is 1.81 bits per heavy atom. The molecule has 0 radical (unpaired) electrons. The van der Waals surface area contributed by atoms with Crippen molar-refractivity contribution in [1.82, 2.24) is 9.97 Å². The summed E-state index contributed by atoms with van der Waals surface area (Å²) < 4.78 is 55.0. The van der Waals surface area contributed by atoms with Crippen molar-refractivity contribution in [3.63, 3.8) is 0 Å². The number of carbonyl (C=O) groups is 1. The molecule has 2 atom stereocenters. The maximum absolute atomic E-state index is 13.4. The zero-order valence-electron chi connectivity index (χ0n) is 27.6. The van der Waals surface area contributed by atoms with Crippen LogP contribution in [-0.2, 0) is 17.6 Å². The van der Waals surface area contributed by atoms with Crippen molar-refractivity contribution < 1.29 is 37.3 Å². The molecule has 0 N–H and O–H groups in total. The Hall–Kier alpha value is -5.84. The van der Waals surface area contributed by atoms with E-state index in [0.717, 1.165) is 70.8 Å². The van der Waals surface area contributed by atoms with Crippen LogP contribution in [0.2, 0.25) is 0 Å². The molecule has 0 fully saturated rings. The van der Waals surface area contributed by atoms with Crippen molar-refractivity contribution in [2.24, 2.45) is 0 Å². The second-order valence-corrected chi connectivity index (χ2v) is 13.7. The van der Waals surface area contributed by atoms with E-state index in [1.165, 1.54) is 55.1 Å². The van der Waals surface area contributed by atoms with E-state index in [4.69, 9.17) is 24.2 Å². The zero-order chi connectivity index (χ0) is 36.0. The van der Waals surface area contributed by atoms with Gasteiger partial charge in [0.2, 0.25) is 0 Å². The smallest absolute Gasteiger partial charge is 0.349 e. The van der Waals surface area contributed by atoms with Crippen LogP contribution >= 0.6 is 22.7 Å².